The van der Waals surface area contributed by atoms with Gasteiger partial charge in [-0.05, 0) is 123 Å². The summed E-state index contributed by atoms with van der Waals surface area (Å²) in [6.45, 7) is 7.37. The van der Waals surface area contributed by atoms with Crippen LogP contribution in [0.15, 0.2) is 200 Å². The van der Waals surface area contributed by atoms with E-state index in [9.17, 15) is 0 Å². The molecule has 0 fully saturated rings. The van der Waals surface area contributed by atoms with Gasteiger partial charge in [0.05, 0.1) is 44.5 Å². The molecule has 4 heterocycles. The molecule has 0 aliphatic carbocycles. The van der Waals surface area contributed by atoms with E-state index in [2.05, 4.69) is 244 Å². The molecule has 1 aliphatic rings. The van der Waals surface area contributed by atoms with E-state index in [0.29, 0.717) is 6.67 Å². The lowest BCUT2D eigenvalue weighted by Gasteiger charge is -2.26. The van der Waals surface area contributed by atoms with Crippen molar-refractivity contribution in [2.24, 2.45) is 0 Å². The Kier molecular flexibility index (Phi) is 8.21. The van der Waals surface area contributed by atoms with E-state index in [1.807, 2.05) is 0 Å². The summed E-state index contributed by atoms with van der Waals surface area (Å²) in [6.07, 6.45) is 0. The van der Waals surface area contributed by atoms with Crippen LogP contribution < -0.4 is 9.80 Å². The smallest absolute Gasteiger partial charge is 0.145 e. The number of fused-ring (bicyclic) bond motifs is 9. The van der Waals surface area contributed by atoms with Crippen LogP contribution in [0.4, 0.5) is 22.7 Å². The summed E-state index contributed by atoms with van der Waals surface area (Å²) in [5, 5.41) is 4.91. The molecule has 0 unspecified atom stereocenters. The van der Waals surface area contributed by atoms with Crippen molar-refractivity contribution in [2.45, 2.75) is 20.8 Å². The number of hydrogen-bond acceptors (Lipinski definition) is 3. The first-order valence-corrected chi connectivity index (χ1v) is 22.4. The van der Waals surface area contributed by atoms with E-state index in [4.69, 9.17) is 4.98 Å². The normalized spacial score (nSPS) is 12.7. The van der Waals surface area contributed by atoms with Crippen LogP contribution in [0.3, 0.4) is 0 Å². The van der Waals surface area contributed by atoms with Crippen LogP contribution >= 0.6 is 0 Å². The Labute approximate surface area is 377 Å². The van der Waals surface area contributed by atoms with Crippen molar-refractivity contribution in [3.8, 4) is 28.5 Å². The topological polar surface area (TPSA) is 34.2 Å². The van der Waals surface area contributed by atoms with Crippen molar-refractivity contribution >= 4 is 77.4 Å². The van der Waals surface area contributed by atoms with Crippen molar-refractivity contribution in [3.63, 3.8) is 0 Å². The van der Waals surface area contributed by atoms with E-state index in [1.54, 1.807) is 0 Å². The minimum atomic E-state index is 0.709. The van der Waals surface area contributed by atoms with Gasteiger partial charge in [0.15, 0.2) is 0 Å². The SMILES string of the molecule is Cc1cc(C)c(N2CN(c3cccc(-n4c5cc(-c6nc7ccccc7n6-c6ccccc6)ccc5c5c6c7ccccc7n(-c7ccccc7)c6ccc54)c3)c3ccccc32)c(C)c1. The number of hydrogen-bond donors (Lipinski definition) is 0. The van der Waals surface area contributed by atoms with E-state index in [-0.39, 0.29) is 0 Å². The number of aryl methyl sites for hydroxylation is 3. The van der Waals surface area contributed by atoms with Crippen molar-refractivity contribution < 1.29 is 0 Å². The summed E-state index contributed by atoms with van der Waals surface area (Å²) in [5.41, 5.74) is 19.8. The van der Waals surface area contributed by atoms with Crippen LogP contribution in [0.5, 0.6) is 0 Å². The Hall–Kier alpha value is -8.35. The molecule has 0 saturated heterocycles. The molecule has 9 aromatic carbocycles. The molecule has 13 rings (SSSR count). The van der Waals surface area contributed by atoms with Crippen LogP contribution in [-0.4, -0.2) is 25.4 Å². The zero-order valence-corrected chi connectivity index (χ0v) is 36.4. The van der Waals surface area contributed by atoms with Crippen molar-refractivity contribution in [3.05, 3.63) is 217 Å². The number of anilines is 4. The lowest BCUT2D eigenvalue weighted by Crippen LogP contribution is -2.25. The predicted molar refractivity (Wildman–Crippen MR) is 271 cm³/mol. The van der Waals surface area contributed by atoms with Gasteiger partial charge in [-0.15, -0.1) is 0 Å². The van der Waals surface area contributed by atoms with Gasteiger partial charge in [0.2, 0.25) is 0 Å². The summed E-state index contributed by atoms with van der Waals surface area (Å²) < 4.78 is 7.19. The first-order valence-electron chi connectivity index (χ1n) is 22.4. The molecule has 6 heteroatoms. The maximum absolute atomic E-state index is 5.33. The van der Waals surface area contributed by atoms with Crippen molar-refractivity contribution in [1.82, 2.24) is 18.7 Å². The highest BCUT2D eigenvalue weighted by atomic mass is 15.4. The third-order valence-corrected chi connectivity index (χ3v) is 13.5. The highest BCUT2D eigenvalue weighted by Gasteiger charge is 2.30. The lowest BCUT2D eigenvalue weighted by atomic mass is 10.0. The molecular formula is C59H44N6. The molecule has 0 radical (unpaired) electrons. The van der Waals surface area contributed by atoms with Gasteiger partial charge in [-0.3, -0.25) is 4.57 Å². The number of aromatic nitrogens is 4. The number of nitrogens with zero attached hydrogens (tertiary/aromatic N) is 6. The molecule has 0 N–H and O–H groups in total. The number of para-hydroxylation sites is 7. The van der Waals surface area contributed by atoms with E-state index >= 15 is 0 Å². The third-order valence-electron chi connectivity index (χ3n) is 13.5. The van der Waals surface area contributed by atoms with E-state index in [1.165, 1.54) is 66.3 Å². The molecule has 1 aliphatic heterocycles. The fourth-order valence-electron chi connectivity index (χ4n) is 10.9. The van der Waals surface area contributed by atoms with Crippen LogP contribution in [0.25, 0.3) is 83.1 Å². The molecular weight excluding hydrogens is 793 g/mol. The third kappa shape index (κ3) is 5.63. The molecule has 0 spiro atoms. The molecule has 0 bridgehead atoms. The van der Waals surface area contributed by atoms with Gasteiger partial charge in [-0.1, -0.05) is 115 Å². The number of benzene rings is 9. The highest BCUT2D eigenvalue weighted by Crippen LogP contribution is 2.48. The van der Waals surface area contributed by atoms with Gasteiger partial charge in [-0.2, -0.15) is 0 Å². The van der Waals surface area contributed by atoms with Gasteiger partial charge in [-0.25, -0.2) is 4.98 Å². The number of imidazole rings is 1. The summed E-state index contributed by atoms with van der Waals surface area (Å²) in [5.74, 6) is 0.908. The zero-order valence-electron chi connectivity index (χ0n) is 36.4. The molecule has 0 amide bonds. The average Bonchev–Trinajstić information content (AvgIpc) is 4.10. The van der Waals surface area contributed by atoms with E-state index < -0.39 is 0 Å². The van der Waals surface area contributed by atoms with Gasteiger partial charge in [0.25, 0.3) is 0 Å². The Balaban J connectivity index is 1.07. The van der Waals surface area contributed by atoms with Gasteiger partial charge in [0, 0.05) is 55.5 Å². The second kappa shape index (κ2) is 14.3. The summed E-state index contributed by atoms with van der Waals surface area (Å²) >= 11 is 0. The molecule has 12 aromatic rings. The molecule has 310 valence electrons. The fraction of sp³-hybridized carbons (Fsp3) is 0.0678. The summed E-state index contributed by atoms with van der Waals surface area (Å²) in [4.78, 5) is 10.3. The molecule has 65 heavy (non-hydrogen) atoms. The Bertz CT molecular complexity index is 3830. The standard InChI is InChI=1S/C59H44N6/c1-38-33-39(2)58(40(3)34-38)62-37-61(51-27-14-15-28-52(51)62)44-21-16-22-45(36-44)64-54-32-31-53-56(46-23-10-12-25-49(46)63(53)42-17-6-4-7-18-42)57(54)47-30-29-41(35-55(47)64)59-60-48-24-11-13-26-50(48)65(59)43-19-8-5-9-20-43/h4-36H,37H2,1-3H3. The van der Waals surface area contributed by atoms with Crippen LogP contribution in [0.1, 0.15) is 16.7 Å². The first-order chi connectivity index (χ1) is 32.0. The maximum Gasteiger partial charge on any atom is 0.145 e. The average molecular weight is 837 g/mol. The fourth-order valence-corrected chi connectivity index (χ4v) is 10.9. The molecule has 0 atom stereocenters. The lowest BCUT2D eigenvalue weighted by molar-refractivity contribution is 0.977. The van der Waals surface area contributed by atoms with Crippen LogP contribution in [0, 0.1) is 20.8 Å². The van der Waals surface area contributed by atoms with Gasteiger partial charge in [0.1, 0.15) is 12.5 Å². The van der Waals surface area contributed by atoms with Crippen molar-refractivity contribution in [1.29, 1.82) is 0 Å². The first kappa shape index (κ1) is 37.2. The maximum atomic E-state index is 5.33. The Morgan fingerprint density at radius 1 is 0.385 bits per heavy atom. The second-order valence-electron chi connectivity index (χ2n) is 17.5. The van der Waals surface area contributed by atoms with E-state index in [0.717, 1.165) is 56.2 Å². The van der Waals surface area contributed by atoms with Gasteiger partial charge >= 0.3 is 0 Å². The molecule has 0 saturated carbocycles. The zero-order chi connectivity index (χ0) is 43.3. The minimum Gasteiger partial charge on any atom is -0.321 e. The summed E-state index contributed by atoms with van der Waals surface area (Å²) in [7, 11) is 0. The van der Waals surface area contributed by atoms with Crippen LogP contribution in [0.2, 0.25) is 0 Å². The van der Waals surface area contributed by atoms with Gasteiger partial charge < -0.3 is 18.9 Å². The highest BCUT2D eigenvalue weighted by molar-refractivity contribution is 6.29. The summed E-state index contributed by atoms with van der Waals surface area (Å²) in [6, 6.07) is 72.8. The largest absolute Gasteiger partial charge is 0.321 e. The quantitative estimate of drug-likeness (QED) is 0.167. The molecule has 6 nitrogen and oxygen atoms in total. The Morgan fingerprint density at radius 2 is 0.938 bits per heavy atom. The monoisotopic (exact) mass is 836 g/mol. The predicted octanol–water partition coefficient (Wildman–Crippen LogP) is 15.1. The molecule has 3 aromatic heterocycles. The second-order valence-corrected chi connectivity index (χ2v) is 17.5. The number of rotatable bonds is 6. The minimum absolute atomic E-state index is 0.709. The Morgan fingerprint density at radius 3 is 1.66 bits per heavy atom. The van der Waals surface area contributed by atoms with Crippen molar-refractivity contribution in [2.75, 3.05) is 16.5 Å². The van der Waals surface area contributed by atoms with Crippen LogP contribution in [-0.2, 0) is 0 Å².